The van der Waals surface area contributed by atoms with E-state index in [4.69, 9.17) is 9.47 Å². The second kappa shape index (κ2) is 8.66. The second-order valence-electron chi connectivity index (χ2n) is 5.79. The topological polar surface area (TPSA) is 88.6 Å². The number of ether oxygens (including phenoxy) is 2. The molecule has 1 aromatic heterocycles. The number of benzene rings is 2. The summed E-state index contributed by atoms with van der Waals surface area (Å²) in [5.74, 6) is 1.54. The lowest BCUT2D eigenvalue weighted by Crippen LogP contribution is -2.10. The molecule has 0 aliphatic heterocycles. The monoisotopic (exact) mass is 364 g/mol. The Labute approximate surface area is 156 Å². The molecule has 2 aromatic carbocycles. The van der Waals surface area contributed by atoms with Crippen molar-refractivity contribution in [1.82, 2.24) is 9.97 Å². The Morgan fingerprint density at radius 2 is 1.96 bits per heavy atom. The first-order valence-corrected chi connectivity index (χ1v) is 8.36. The second-order valence-corrected chi connectivity index (χ2v) is 5.79. The van der Waals surface area contributed by atoms with Crippen LogP contribution in [0, 0.1) is 6.92 Å². The number of anilines is 1. The number of methoxy groups -OCH3 is 1. The standard InChI is InChI=1S/C20H20N4O3/c1-14-10-19(25)23-20(22-14)24-21-12-16-8-9-17(26-2)18(11-16)27-13-15-6-4-3-5-7-15/h3-12H,13H2,1-2H3,(H2,22,23,24,25)/b21-12+. The van der Waals surface area contributed by atoms with Gasteiger partial charge in [-0.3, -0.25) is 9.78 Å². The molecule has 0 aliphatic carbocycles. The Morgan fingerprint density at radius 3 is 2.70 bits per heavy atom. The highest BCUT2D eigenvalue weighted by atomic mass is 16.5. The molecule has 0 saturated carbocycles. The highest BCUT2D eigenvalue weighted by Gasteiger charge is 2.06. The molecule has 0 aliphatic rings. The molecule has 3 aromatic rings. The zero-order chi connectivity index (χ0) is 19.1. The lowest BCUT2D eigenvalue weighted by atomic mass is 10.2. The summed E-state index contributed by atoms with van der Waals surface area (Å²) >= 11 is 0. The molecule has 0 amide bonds. The van der Waals surface area contributed by atoms with Gasteiger partial charge >= 0.3 is 0 Å². The van der Waals surface area contributed by atoms with Crippen molar-refractivity contribution in [3.63, 3.8) is 0 Å². The Kier molecular flexibility index (Phi) is 5.84. The molecule has 7 heteroatoms. The Balaban J connectivity index is 1.71. The van der Waals surface area contributed by atoms with E-state index in [9.17, 15) is 4.79 Å². The molecule has 0 fully saturated rings. The van der Waals surface area contributed by atoms with Crippen LogP contribution in [0.3, 0.4) is 0 Å². The summed E-state index contributed by atoms with van der Waals surface area (Å²) in [6, 6.07) is 16.8. The van der Waals surface area contributed by atoms with E-state index in [0.717, 1.165) is 11.1 Å². The third-order valence-corrected chi connectivity index (χ3v) is 3.68. The van der Waals surface area contributed by atoms with E-state index in [1.165, 1.54) is 6.07 Å². The van der Waals surface area contributed by atoms with Crippen LogP contribution >= 0.6 is 0 Å². The Hall–Kier alpha value is -3.61. The van der Waals surface area contributed by atoms with Crippen molar-refractivity contribution in [3.05, 3.63) is 81.8 Å². The normalized spacial score (nSPS) is 10.7. The van der Waals surface area contributed by atoms with Gasteiger partial charge < -0.3 is 9.47 Å². The maximum Gasteiger partial charge on any atom is 0.252 e. The van der Waals surface area contributed by atoms with Gasteiger partial charge in [0.2, 0.25) is 5.95 Å². The van der Waals surface area contributed by atoms with E-state index in [2.05, 4.69) is 20.5 Å². The minimum absolute atomic E-state index is 0.235. The van der Waals surface area contributed by atoms with Crippen molar-refractivity contribution in [2.24, 2.45) is 5.10 Å². The highest BCUT2D eigenvalue weighted by molar-refractivity contribution is 5.81. The summed E-state index contributed by atoms with van der Waals surface area (Å²) in [7, 11) is 1.60. The number of hydrogen-bond donors (Lipinski definition) is 2. The lowest BCUT2D eigenvalue weighted by molar-refractivity contribution is 0.284. The van der Waals surface area contributed by atoms with Crippen molar-refractivity contribution in [1.29, 1.82) is 0 Å². The quantitative estimate of drug-likeness (QED) is 0.497. The fourth-order valence-corrected chi connectivity index (χ4v) is 2.42. The lowest BCUT2D eigenvalue weighted by Gasteiger charge is -2.11. The van der Waals surface area contributed by atoms with Gasteiger partial charge in [-0.05, 0) is 36.2 Å². The summed E-state index contributed by atoms with van der Waals surface area (Å²) in [6.07, 6.45) is 1.61. The SMILES string of the molecule is COc1ccc(/C=N/Nc2nc(C)cc(=O)[nH]2)cc1OCc1ccccc1. The van der Waals surface area contributed by atoms with Crippen LogP contribution in [0.5, 0.6) is 11.5 Å². The zero-order valence-corrected chi connectivity index (χ0v) is 15.1. The van der Waals surface area contributed by atoms with Gasteiger partial charge in [0.05, 0.1) is 13.3 Å². The number of nitrogens with zero attached hydrogens (tertiary/aromatic N) is 2. The van der Waals surface area contributed by atoms with Gasteiger partial charge in [0.15, 0.2) is 11.5 Å². The van der Waals surface area contributed by atoms with Crippen molar-refractivity contribution in [2.45, 2.75) is 13.5 Å². The van der Waals surface area contributed by atoms with E-state index in [1.807, 2.05) is 48.5 Å². The Morgan fingerprint density at radius 1 is 1.15 bits per heavy atom. The summed E-state index contributed by atoms with van der Waals surface area (Å²) in [5, 5.41) is 4.10. The fraction of sp³-hybridized carbons (Fsp3) is 0.150. The minimum Gasteiger partial charge on any atom is -0.493 e. The fourth-order valence-electron chi connectivity index (χ4n) is 2.42. The van der Waals surface area contributed by atoms with E-state index in [0.29, 0.717) is 23.8 Å². The van der Waals surface area contributed by atoms with Crippen LogP contribution in [0.4, 0.5) is 5.95 Å². The molecule has 7 nitrogen and oxygen atoms in total. The molecule has 27 heavy (non-hydrogen) atoms. The first kappa shape index (κ1) is 18.2. The van der Waals surface area contributed by atoms with Gasteiger partial charge in [-0.25, -0.2) is 10.4 Å². The van der Waals surface area contributed by atoms with Gasteiger partial charge in [-0.15, -0.1) is 0 Å². The molecule has 3 rings (SSSR count). The minimum atomic E-state index is -0.235. The number of hydrogen-bond acceptors (Lipinski definition) is 6. The van der Waals surface area contributed by atoms with Crippen molar-refractivity contribution >= 4 is 12.2 Å². The van der Waals surface area contributed by atoms with Gasteiger partial charge in [0, 0.05) is 11.8 Å². The average Bonchev–Trinajstić information content (AvgIpc) is 2.66. The summed E-state index contributed by atoms with van der Waals surface area (Å²) < 4.78 is 11.2. The first-order chi connectivity index (χ1) is 13.1. The van der Waals surface area contributed by atoms with Crippen molar-refractivity contribution < 1.29 is 9.47 Å². The van der Waals surface area contributed by atoms with Gasteiger partial charge in [0.25, 0.3) is 5.56 Å². The van der Waals surface area contributed by atoms with E-state index < -0.39 is 0 Å². The molecule has 0 spiro atoms. The van der Waals surface area contributed by atoms with Crippen molar-refractivity contribution in [2.75, 3.05) is 12.5 Å². The maximum absolute atomic E-state index is 11.4. The molecular formula is C20H20N4O3. The van der Waals surface area contributed by atoms with Crippen LogP contribution in [0.1, 0.15) is 16.8 Å². The van der Waals surface area contributed by atoms with Crippen LogP contribution in [0.15, 0.2) is 64.5 Å². The number of aryl methyl sites for hydroxylation is 1. The Bertz CT molecular complexity index is 984. The molecule has 0 unspecified atom stereocenters. The molecule has 138 valence electrons. The summed E-state index contributed by atoms with van der Waals surface area (Å²) in [4.78, 5) is 18.1. The van der Waals surface area contributed by atoms with Crippen LogP contribution in [0.2, 0.25) is 0 Å². The van der Waals surface area contributed by atoms with Crippen LogP contribution in [-0.4, -0.2) is 23.3 Å². The highest BCUT2D eigenvalue weighted by Crippen LogP contribution is 2.28. The number of aromatic nitrogens is 2. The first-order valence-electron chi connectivity index (χ1n) is 8.36. The molecule has 0 radical (unpaired) electrons. The van der Waals surface area contributed by atoms with E-state index in [-0.39, 0.29) is 11.5 Å². The van der Waals surface area contributed by atoms with Crippen molar-refractivity contribution in [3.8, 4) is 11.5 Å². The molecular weight excluding hydrogens is 344 g/mol. The maximum atomic E-state index is 11.4. The smallest absolute Gasteiger partial charge is 0.252 e. The van der Waals surface area contributed by atoms with Gasteiger partial charge in [0.1, 0.15) is 6.61 Å². The zero-order valence-electron chi connectivity index (χ0n) is 15.1. The molecule has 2 N–H and O–H groups in total. The average molecular weight is 364 g/mol. The number of aromatic amines is 1. The largest absolute Gasteiger partial charge is 0.493 e. The third-order valence-electron chi connectivity index (χ3n) is 3.68. The molecule has 1 heterocycles. The number of H-pyrrole nitrogens is 1. The number of rotatable bonds is 7. The van der Waals surface area contributed by atoms with Crippen LogP contribution in [-0.2, 0) is 6.61 Å². The summed E-state index contributed by atoms with van der Waals surface area (Å²) in [5.41, 5.74) is 4.96. The van der Waals surface area contributed by atoms with Crippen LogP contribution < -0.4 is 20.5 Å². The number of nitrogens with one attached hydrogen (secondary N) is 2. The summed E-state index contributed by atoms with van der Waals surface area (Å²) in [6.45, 7) is 2.18. The molecule has 0 bridgehead atoms. The third kappa shape index (κ3) is 5.18. The molecule has 0 saturated heterocycles. The number of hydrazone groups is 1. The van der Waals surface area contributed by atoms with E-state index in [1.54, 1.807) is 20.2 Å². The predicted molar refractivity (Wildman–Crippen MR) is 105 cm³/mol. The van der Waals surface area contributed by atoms with Gasteiger partial charge in [-0.1, -0.05) is 30.3 Å². The van der Waals surface area contributed by atoms with Gasteiger partial charge in [-0.2, -0.15) is 5.10 Å². The van der Waals surface area contributed by atoms with E-state index >= 15 is 0 Å². The predicted octanol–water partition coefficient (Wildman–Crippen LogP) is 3.11. The van der Waals surface area contributed by atoms with Crippen LogP contribution in [0.25, 0.3) is 0 Å². The molecule has 0 atom stereocenters.